The Kier molecular flexibility index (Phi) is 5.31. The molecule has 2 aromatic heterocycles. The molecular formula is C13H17N5OS. The van der Waals surface area contributed by atoms with E-state index in [1.165, 1.54) is 0 Å². The summed E-state index contributed by atoms with van der Waals surface area (Å²) >= 11 is 1.63. The van der Waals surface area contributed by atoms with Gasteiger partial charge in [-0.15, -0.1) is 11.3 Å². The minimum atomic E-state index is -0.174. The van der Waals surface area contributed by atoms with Crippen molar-refractivity contribution in [3.05, 3.63) is 41.0 Å². The number of nitrogens with one attached hydrogen (secondary N) is 3. The van der Waals surface area contributed by atoms with Gasteiger partial charge in [0, 0.05) is 30.4 Å². The van der Waals surface area contributed by atoms with Crippen molar-refractivity contribution in [1.82, 2.24) is 20.6 Å². The summed E-state index contributed by atoms with van der Waals surface area (Å²) in [4.78, 5) is 20.8. The molecule has 20 heavy (non-hydrogen) atoms. The van der Waals surface area contributed by atoms with Crippen molar-refractivity contribution < 1.29 is 4.79 Å². The van der Waals surface area contributed by atoms with Crippen LogP contribution in [0.5, 0.6) is 0 Å². The molecule has 0 unspecified atom stereocenters. The second kappa shape index (κ2) is 7.44. The third kappa shape index (κ3) is 4.51. The fraction of sp³-hybridized carbons (Fsp3) is 0.308. The number of nitrogens with zero attached hydrogens (tertiary/aromatic N) is 2. The van der Waals surface area contributed by atoms with Crippen molar-refractivity contribution in [3.63, 3.8) is 0 Å². The zero-order chi connectivity index (χ0) is 14.2. The summed E-state index contributed by atoms with van der Waals surface area (Å²) in [7, 11) is 0. The fourth-order valence-electron chi connectivity index (χ4n) is 1.61. The van der Waals surface area contributed by atoms with Gasteiger partial charge in [-0.3, -0.25) is 4.98 Å². The van der Waals surface area contributed by atoms with Crippen LogP contribution in [0.15, 0.2) is 36.1 Å². The number of hydrogen-bond donors (Lipinski definition) is 3. The lowest BCUT2D eigenvalue weighted by atomic mass is 10.3. The van der Waals surface area contributed by atoms with Crippen LogP contribution in [0.1, 0.15) is 17.8 Å². The zero-order valence-electron chi connectivity index (χ0n) is 11.2. The molecule has 0 aliphatic rings. The van der Waals surface area contributed by atoms with Gasteiger partial charge in [0.25, 0.3) is 0 Å². The van der Waals surface area contributed by atoms with Gasteiger partial charge >= 0.3 is 6.03 Å². The van der Waals surface area contributed by atoms with E-state index in [1.54, 1.807) is 29.9 Å². The summed E-state index contributed by atoms with van der Waals surface area (Å²) in [5.74, 6) is 0.696. The number of anilines is 1. The topological polar surface area (TPSA) is 78.9 Å². The van der Waals surface area contributed by atoms with Crippen LogP contribution in [0, 0.1) is 0 Å². The van der Waals surface area contributed by atoms with Crippen LogP contribution in [0.25, 0.3) is 0 Å². The molecule has 2 rings (SSSR count). The smallest absolute Gasteiger partial charge is 0.315 e. The standard InChI is InChI=1S/C13H17N5OS/c1-10(11-3-2-8-20-11)18-13(19)17-7-6-16-12-9-14-4-5-15-12/h2-5,8-10H,6-7H2,1H3,(H,15,16)(H2,17,18,19)/t10-/m0/s1. The van der Waals surface area contributed by atoms with Crippen LogP contribution >= 0.6 is 11.3 Å². The largest absolute Gasteiger partial charge is 0.367 e. The number of amides is 2. The molecule has 2 amide bonds. The maximum absolute atomic E-state index is 11.7. The number of urea groups is 1. The summed E-state index contributed by atoms with van der Waals surface area (Å²) in [6.07, 6.45) is 4.87. The van der Waals surface area contributed by atoms with E-state index in [-0.39, 0.29) is 12.1 Å². The summed E-state index contributed by atoms with van der Waals surface area (Å²) < 4.78 is 0. The minimum absolute atomic E-state index is 0.0166. The molecular weight excluding hydrogens is 274 g/mol. The first-order valence-electron chi connectivity index (χ1n) is 6.33. The van der Waals surface area contributed by atoms with E-state index in [0.717, 1.165) is 4.88 Å². The van der Waals surface area contributed by atoms with Crippen molar-refractivity contribution in [2.24, 2.45) is 0 Å². The van der Waals surface area contributed by atoms with Crippen LogP contribution in [-0.4, -0.2) is 29.1 Å². The van der Waals surface area contributed by atoms with E-state index < -0.39 is 0 Å². The molecule has 2 heterocycles. The normalized spacial score (nSPS) is 11.7. The third-order valence-corrected chi connectivity index (χ3v) is 3.65. The Morgan fingerprint density at radius 1 is 1.40 bits per heavy atom. The summed E-state index contributed by atoms with van der Waals surface area (Å²) in [5, 5.41) is 10.7. The van der Waals surface area contributed by atoms with Gasteiger partial charge < -0.3 is 16.0 Å². The summed E-state index contributed by atoms with van der Waals surface area (Å²) in [5.41, 5.74) is 0. The van der Waals surface area contributed by atoms with Crippen molar-refractivity contribution in [3.8, 4) is 0 Å². The van der Waals surface area contributed by atoms with Gasteiger partial charge in [0.05, 0.1) is 12.2 Å². The Morgan fingerprint density at radius 3 is 3.00 bits per heavy atom. The van der Waals surface area contributed by atoms with Gasteiger partial charge in [-0.1, -0.05) is 6.07 Å². The zero-order valence-corrected chi connectivity index (χ0v) is 12.0. The first-order chi connectivity index (χ1) is 9.75. The highest BCUT2D eigenvalue weighted by molar-refractivity contribution is 7.10. The van der Waals surface area contributed by atoms with Crippen LogP contribution < -0.4 is 16.0 Å². The van der Waals surface area contributed by atoms with E-state index >= 15 is 0 Å². The van der Waals surface area contributed by atoms with Crippen LogP contribution in [0.2, 0.25) is 0 Å². The molecule has 0 fully saturated rings. The molecule has 6 nitrogen and oxygen atoms in total. The number of rotatable bonds is 6. The predicted molar refractivity (Wildman–Crippen MR) is 79.8 cm³/mol. The van der Waals surface area contributed by atoms with Gasteiger partial charge in [-0.2, -0.15) is 0 Å². The molecule has 0 saturated carbocycles. The van der Waals surface area contributed by atoms with Gasteiger partial charge in [0.2, 0.25) is 0 Å². The number of carbonyl (C=O) groups excluding carboxylic acids is 1. The van der Waals surface area contributed by atoms with Crippen LogP contribution in [0.4, 0.5) is 10.6 Å². The Labute approximate surface area is 121 Å². The lowest BCUT2D eigenvalue weighted by molar-refractivity contribution is 0.238. The van der Waals surface area contributed by atoms with Crippen molar-refractivity contribution in [2.45, 2.75) is 13.0 Å². The van der Waals surface area contributed by atoms with Gasteiger partial charge in [-0.05, 0) is 18.4 Å². The van der Waals surface area contributed by atoms with E-state index in [1.807, 2.05) is 24.4 Å². The predicted octanol–water partition coefficient (Wildman–Crippen LogP) is 2.01. The van der Waals surface area contributed by atoms with Gasteiger partial charge in [-0.25, -0.2) is 9.78 Å². The maximum Gasteiger partial charge on any atom is 0.315 e. The SMILES string of the molecule is C[C@H](NC(=O)NCCNc1cnccn1)c1cccs1. The van der Waals surface area contributed by atoms with Gasteiger partial charge in [0.1, 0.15) is 5.82 Å². The average Bonchev–Trinajstić information content (AvgIpc) is 2.99. The van der Waals surface area contributed by atoms with Gasteiger partial charge in [0.15, 0.2) is 0 Å². The molecule has 0 bridgehead atoms. The number of carbonyl (C=O) groups is 1. The maximum atomic E-state index is 11.7. The number of aromatic nitrogens is 2. The van der Waals surface area contributed by atoms with E-state index in [2.05, 4.69) is 25.9 Å². The summed E-state index contributed by atoms with van der Waals surface area (Å²) in [6.45, 7) is 3.07. The molecule has 0 aromatic carbocycles. The van der Waals surface area contributed by atoms with E-state index in [0.29, 0.717) is 18.9 Å². The molecule has 0 aliphatic heterocycles. The third-order valence-electron chi connectivity index (χ3n) is 2.60. The molecule has 3 N–H and O–H groups in total. The Bertz CT molecular complexity index is 517. The number of thiophene rings is 1. The molecule has 7 heteroatoms. The highest BCUT2D eigenvalue weighted by Gasteiger charge is 2.09. The molecule has 0 spiro atoms. The average molecular weight is 291 g/mol. The number of hydrogen-bond acceptors (Lipinski definition) is 5. The van der Waals surface area contributed by atoms with Crippen LogP contribution in [0.3, 0.4) is 0 Å². The second-order valence-corrected chi connectivity index (χ2v) is 5.13. The second-order valence-electron chi connectivity index (χ2n) is 4.15. The Balaban J connectivity index is 1.63. The first kappa shape index (κ1) is 14.3. The molecule has 0 saturated heterocycles. The molecule has 1 atom stereocenters. The van der Waals surface area contributed by atoms with Crippen molar-refractivity contribution in [1.29, 1.82) is 0 Å². The van der Waals surface area contributed by atoms with Crippen LogP contribution in [-0.2, 0) is 0 Å². The molecule has 0 aliphatic carbocycles. The molecule has 0 radical (unpaired) electrons. The quantitative estimate of drug-likeness (QED) is 0.711. The van der Waals surface area contributed by atoms with Crippen molar-refractivity contribution in [2.75, 3.05) is 18.4 Å². The Hall–Kier alpha value is -2.15. The van der Waals surface area contributed by atoms with E-state index in [9.17, 15) is 4.79 Å². The highest BCUT2D eigenvalue weighted by Crippen LogP contribution is 2.17. The Morgan fingerprint density at radius 2 is 2.30 bits per heavy atom. The lowest BCUT2D eigenvalue weighted by Crippen LogP contribution is -2.39. The molecule has 106 valence electrons. The minimum Gasteiger partial charge on any atom is -0.367 e. The fourth-order valence-corrected chi connectivity index (χ4v) is 2.35. The van der Waals surface area contributed by atoms with Crippen molar-refractivity contribution >= 4 is 23.2 Å². The first-order valence-corrected chi connectivity index (χ1v) is 7.21. The molecule has 2 aromatic rings. The monoisotopic (exact) mass is 291 g/mol. The lowest BCUT2D eigenvalue weighted by Gasteiger charge is -2.13. The summed E-state index contributed by atoms with van der Waals surface area (Å²) in [6, 6.07) is 3.82. The van der Waals surface area contributed by atoms with E-state index in [4.69, 9.17) is 0 Å². The highest BCUT2D eigenvalue weighted by atomic mass is 32.1.